The third-order valence-electron chi connectivity index (χ3n) is 1.65. The van der Waals surface area contributed by atoms with Crippen LogP contribution < -0.4 is 0 Å². The maximum absolute atomic E-state index is 8.78. The van der Waals surface area contributed by atoms with Gasteiger partial charge in [0.2, 0.25) is 0 Å². The SMILES string of the molecule is C=CC[C@H](CO)C(C)C. The molecule has 1 nitrogen and oxygen atoms in total. The molecule has 0 fully saturated rings. The lowest BCUT2D eigenvalue weighted by molar-refractivity contribution is 0.191. The van der Waals surface area contributed by atoms with E-state index in [0.29, 0.717) is 11.8 Å². The molecule has 0 aliphatic carbocycles. The zero-order chi connectivity index (χ0) is 7.28. The minimum absolute atomic E-state index is 0.281. The Morgan fingerprint density at radius 3 is 2.22 bits per heavy atom. The topological polar surface area (TPSA) is 20.2 Å². The zero-order valence-corrected chi connectivity index (χ0v) is 6.30. The molecule has 0 bridgehead atoms. The predicted molar refractivity (Wildman–Crippen MR) is 40.2 cm³/mol. The molecule has 0 amide bonds. The van der Waals surface area contributed by atoms with Gasteiger partial charge in [0.25, 0.3) is 0 Å². The van der Waals surface area contributed by atoms with Crippen molar-refractivity contribution in [3.63, 3.8) is 0 Å². The number of aliphatic hydroxyl groups is 1. The minimum atomic E-state index is 0.281. The van der Waals surface area contributed by atoms with Crippen LogP contribution in [0.3, 0.4) is 0 Å². The fourth-order valence-corrected chi connectivity index (χ4v) is 0.772. The highest BCUT2D eigenvalue weighted by molar-refractivity contribution is 4.74. The largest absolute Gasteiger partial charge is 0.396 e. The van der Waals surface area contributed by atoms with Gasteiger partial charge >= 0.3 is 0 Å². The van der Waals surface area contributed by atoms with Crippen LogP contribution in [-0.2, 0) is 0 Å². The normalized spacial score (nSPS) is 13.8. The molecule has 0 aromatic heterocycles. The summed E-state index contributed by atoms with van der Waals surface area (Å²) in [7, 11) is 0. The fourth-order valence-electron chi connectivity index (χ4n) is 0.772. The monoisotopic (exact) mass is 128 g/mol. The maximum atomic E-state index is 8.78. The molecule has 0 heterocycles. The quantitative estimate of drug-likeness (QED) is 0.573. The summed E-state index contributed by atoms with van der Waals surface area (Å²) in [6.07, 6.45) is 2.79. The van der Waals surface area contributed by atoms with E-state index in [9.17, 15) is 0 Å². The first-order chi connectivity index (χ1) is 4.22. The first kappa shape index (κ1) is 8.70. The van der Waals surface area contributed by atoms with Gasteiger partial charge in [0.15, 0.2) is 0 Å². The minimum Gasteiger partial charge on any atom is -0.396 e. The van der Waals surface area contributed by atoms with E-state index in [2.05, 4.69) is 20.4 Å². The van der Waals surface area contributed by atoms with Gasteiger partial charge < -0.3 is 5.11 Å². The maximum Gasteiger partial charge on any atom is 0.0464 e. The standard InChI is InChI=1S/C8H16O/c1-4-5-8(6-9)7(2)3/h4,7-9H,1,5-6H2,2-3H3/t8-/m1/s1. The second-order valence-electron chi connectivity index (χ2n) is 2.71. The molecule has 0 unspecified atom stereocenters. The molecule has 0 rings (SSSR count). The molecule has 1 heteroatoms. The van der Waals surface area contributed by atoms with E-state index < -0.39 is 0 Å². The third-order valence-corrected chi connectivity index (χ3v) is 1.65. The molecular weight excluding hydrogens is 112 g/mol. The third kappa shape index (κ3) is 3.31. The van der Waals surface area contributed by atoms with E-state index in [1.54, 1.807) is 0 Å². The van der Waals surface area contributed by atoms with Crippen molar-refractivity contribution in [3.8, 4) is 0 Å². The summed E-state index contributed by atoms with van der Waals surface area (Å²) in [6, 6.07) is 0. The Bertz CT molecular complexity index is 76.6. The van der Waals surface area contributed by atoms with Gasteiger partial charge in [-0.2, -0.15) is 0 Å². The second kappa shape index (κ2) is 4.57. The van der Waals surface area contributed by atoms with Gasteiger partial charge in [0.05, 0.1) is 0 Å². The molecule has 1 atom stereocenters. The van der Waals surface area contributed by atoms with Crippen molar-refractivity contribution in [2.24, 2.45) is 11.8 Å². The summed E-state index contributed by atoms with van der Waals surface area (Å²) in [6.45, 7) is 8.13. The van der Waals surface area contributed by atoms with Crippen LogP contribution in [0.25, 0.3) is 0 Å². The highest BCUT2D eigenvalue weighted by atomic mass is 16.3. The smallest absolute Gasteiger partial charge is 0.0464 e. The summed E-state index contributed by atoms with van der Waals surface area (Å²) < 4.78 is 0. The van der Waals surface area contributed by atoms with Crippen molar-refractivity contribution >= 4 is 0 Å². The Kier molecular flexibility index (Phi) is 4.41. The van der Waals surface area contributed by atoms with Crippen LogP contribution in [0.1, 0.15) is 20.3 Å². The predicted octanol–water partition coefficient (Wildman–Crippen LogP) is 1.83. The Hall–Kier alpha value is -0.300. The van der Waals surface area contributed by atoms with Gasteiger partial charge in [-0.25, -0.2) is 0 Å². The summed E-state index contributed by atoms with van der Waals surface area (Å²) in [5, 5.41) is 8.78. The van der Waals surface area contributed by atoms with Gasteiger partial charge in [-0.15, -0.1) is 6.58 Å². The molecule has 1 N–H and O–H groups in total. The van der Waals surface area contributed by atoms with Crippen molar-refractivity contribution in [1.29, 1.82) is 0 Å². The lowest BCUT2D eigenvalue weighted by Gasteiger charge is -2.14. The van der Waals surface area contributed by atoms with Crippen molar-refractivity contribution in [2.45, 2.75) is 20.3 Å². The average molecular weight is 128 g/mol. The highest BCUT2D eigenvalue weighted by Gasteiger charge is 2.08. The molecule has 0 saturated heterocycles. The van der Waals surface area contributed by atoms with E-state index >= 15 is 0 Å². The van der Waals surface area contributed by atoms with Gasteiger partial charge in [0.1, 0.15) is 0 Å². The first-order valence-electron chi connectivity index (χ1n) is 3.44. The Morgan fingerprint density at radius 1 is 1.56 bits per heavy atom. The summed E-state index contributed by atoms with van der Waals surface area (Å²) in [5.74, 6) is 0.968. The lowest BCUT2D eigenvalue weighted by Crippen LogP contribution is -2.11. The molecule has 0 radical (unpaired) electrons. The Morgan fingerprint density at radius 2 is 2.11 bits per heavy atom. The molecule has 0 aliphatic rings. The number of hydrogen-bond acceptors (Lipinski definition) is 1. The van der Waals surface area contributed by atoms with Crippen molar-refractivity contribution in [3.05, 3.63) is 12.7 Å². The van der Waals surface area contributed by atoms with Gasteiger partial charge in [-0.05, 0) is 18.3 Å². The Labute approximate surface area is 57.4 Å². The van der Waals surface area contributed by atoms with E-state index in [-0.39, 0.29) is 6.61 Å². The molecule has 0 aliphatic heterocycles. The van der Waals surface area contributed by atoms with Crippen molar-refractivity contribution in [1.82, 2.24) is 0 Å². The van der Waals surface area contributed by atoms with Gasteiger partial charge in [-0.1, -0.05) is 19.9 Å². The van der Waals surface area contributed by atoms with E-state index in [1.165, 1.54) is 0 Å². The van der Waals surface area contributed by atoms with E-state index in [1.807, 2.05) is 6.08 Å². The van der Waals surface area contributed by atoms with Gasteiger partial charge in [0, 0.05) is 6.61 Å². The van der Waals surface area contributed by atoms with E-state index in [4.69, 9.17) is 5.11 Å². The Balaban J connectivity index is 3.53. The molecule has 0 saturated carbocycles. The van der Waals surface area contributed by atoms with Crippen LogP contribution in [0.5, 0.6) is 0 Å². The zero-order valence-electron chi connectivity index (χ0n) is 6.30. The van der Waals surface area contributed by atoms with Gasteiger partial charge in [-0.3, -0.25) is 0 Å². The summed E-state index contributed by atoms with van der Waals surface area (Å²) in [4.78, 5) is 0. The highest BCUT2D eigenvalue weighted by Crippen LogP contribution is 2.13. The molecule has 0 aromatic carbocycles. The van der Waals surface area contributed by atoms with Crippen LogP contribution in [0.4, 0.5) is 0 Å². The first-order valence-corrected chi connectivity index (χ1v) is 3.44. The molecule has 9 heavy (non-hydrogen) atoms. The second-order valence-corrected chi connectivity index (χ2v) is 2.71. The van der Waals surface area contributed by atoms with Crippen LogP contribution in [-0.4, -0.2) is 11.7 Å². The lowest BCUT2D eigenvalue weighted by atomic mass is 9.94. The summed E-state index contributed by atoms with van der Waals surface area (Å²) in [5.41, 5.74) is 0. The molecule has 0 spiro atoms. The molecular formula is C8H16O. The average Bonchev–Trinajstić information content (AvgIpc) is 1.82. The summed E-state index contributed by atoms with van der Waals surface area (Å²) >= 11 is 0. The van der Waals surface area contributed by atoms with Crippen molar-refractivity contribution in [2.75, 3.05) is 6.61 Å². The number of allylic oxidation sites excluding steroid dienone is 1. The number of hydrogen-bond donors (Lipinski definition) is 1. The van der Waals surface area contributed by atoms with Crippen molar-refractivity contribution < 1.29 is 5.11 Å². The number of rotatable bonds is 4. The molecule has 0 aromatic rings. The van der Waals surface area contributed by atoms with Crippen LogP contribution in [0.15, 0.2) is 12.7 Å². The van der Waals surface area contributed by atoms with Crippen LogP contribution in [0, 0.1) is 11.8 Å². The molecule has 54 valence electrons. The van der Waals surface area contributed by atoms with E-state index in [0.717, 1.165) is 6.42 Å². The number of aliphatic hydroxyl groups excluding tert-OH is 1. The fraction of sp³-hybridized carbons (Fsp3) is 0.750. The van der Waals surface area contributed by atoms with Crippen LogP contribution in [0.2, 0.25) is 0 Å². The van der Waals surface area contributed by atoms with Crippen LogP contribution >= 0.6 is 0 Å².